The summed E-state index contributed by atoms with van der Waals surface area (Å²) in [6.07, 6.45) is 3.05. The van der Waals surface area contributed by atoms with Gasteiger partial charge >= 0.3 is 0 Å². The van der Waals surface area contributed by atoms with Crippen molar-refractivity contribution in [1.82, 2.24) is 9.97 Å². The molecular weight excluding hydrogens is 208 g/mol. The second-order valence-corrected chi connectivity index (χ2v) is 4.02. The molecule has 88 valence electrons. The van der Waals surface area contributed by atoms with E-state index in [0.717, 1.165) is 12.8 Å². The molecule has 1 fully saturated rings. The highest BCUT2D eigenvalue weighted by molar-refractivity contribution is 5.36. The number of hydrogen-bond donors (Lipinski definition) is 3. The van der Waals surface area contributed by atoms with E-state index >= 15 is 0 Å². The van der Waals surface area contributed by atoms with E-state index in [1.54, 1.807) is 0 Å². The van der Waals surface area contributed by atoms with Crippen molar-refractivity contribution in [3.63, 3.8) is 0 Å². The third-order valence-corrected chi connectivity index (χ3v) is 2.91. The number of ether oxygens (including phenoxy) is 1. The molecule has 2 rings (SSSR count). The predicted octanol–water partition coefficient (Wildman–Crippen LogP) is -0.310. The number of rotatable bonds is 3. The molecule has 6 nitrogen and oxygen atoms in total. The van der Waals surface area contributed by atoms with E-state index in [9.17, 15) is 4.79 Å². The molecule has 0 amide bonds. The van der Waals surface area contributed by atoms with E-state index < -0.39 is 0 Å². The second-order valence-electron chi connectivity index (χ2n) is 4.02. The zero-order valence-electron chi connectivity index (χ0n) is 9.03. The van der Waals surface area contributed by atoms with Crippen LogP contribution in [0.25, 0.3) is 0 Å². The van der Waals surface area contributed by atoms with Gasteiger partial charge in [-0.05, 0) is 12.8 Å². The van der Waals surface area contributed by atoms with Crippen molar-refractivity contribution in [2.75, 3.05) is 25.1 Å². The summed E-state index contributed by atoms with van der Waals surface area (Å²) in [4.78, 5) is 17.7. The molecule has 0 aliphatic carbocycles. The van der Waals surface area contributed by atoms with E-state index in [4.69, 9.17) is 10.5 Å². The molecular formula is C10H16N4O2. The topological polar surface area (TPSA) is 93.0 Å². The third-order valence-electron chi connectivity index (χ3n) is 2.91. The first-order valence-corrected chi connectivity index (χ1v) is 5.35. The van der Waals surface area contributed by atoms with Crippen LogP contribution in [0.3, 0.4) is 0 Å². The highest BCUT2D eigenvalue weighted by Crippen LogP contribution is 2.23. The molecule has 2 heterocycles. The second kappa shape index (κ2) is 4.63. The summed E-state index contributed by atoms with van der Waals surface area (Å²) >= 11 is 0. The summed E-state index contributed by atoms with van der Waals surface area (Å²) in [7, 11) is 0. The average molecular weight is 224 g/mol. The van der Waals surface area contributed by atoms with E-state index in [2.05, 4.69) is 15.3 Å². The summed E-state index contributed by atoms with van der Waals surface area (Å²) in [6, 6.07) is 1.44. The Morgan fingerprint density at radius 3 is 2.94 bits per heavy atom. The van der Waals surface area contributed by atoms with E-state index in [1.807, 2.05) is 0 Å². The fourth-order valence-electron chi connectivity index (χ4n) is 1.85. The first kappa shape index (κ1) is 11.1. The largest absolute Gasteiger partial charge is 0.381 e. The van der Waals surface area contributed by atoms with Gasteiger partial charge in [0, 0.05) is 25.8 Å². The van der Waals surface area contributed by atoms with Gasteiger partial charge in [-0.2, -0.15) is 0 Å². The van der Waals surface area contributed by atoms with Gasteiger partial charge in [0.2, 0.25) is 0 Å². The Kier molecular flexibility index (Phi) is 3.21. The predicted molar refractivity (Wildman–Crippen MR) is 60.3 cm³/mol. The zero-order valence-corrected chi connectivity index (χ0v) is 9.03. The Hall–Kier alpha value is -1.40. The molecule has 1 aliphatic rings. The molecule has 1 aromatic rings. The van der Waals surface area contributed by atoms with Crippen molar-refractivity contribution in [3.05, 3.63) is 22.7 Å². The van der Waals surface area contributed by atoms with Crippen molar-refractivity contribution < 1.29 is 4.74 Å². The number of hydrogen-bond acceptors (Lipinski definition) is 5. The Balaban J connectivity index is 2.14. The summed E-state index contributed by atoms with van der Waals surface area (Å²) in [5, 5.41) is 3.25. The molecule has 1 aliphatic heterocycles. The van der Waals surface area contributed by atoms with E-state index in [0.29, 0.717) is 25.6 Å². The molecule has 0 aromatic carbocycles. The standard InChI is InChI=1S/C10H16N4O2/c11-6-10(1-3-16-4-2-10)14-8-5-9(15)13-7-12-8/h5,7H,1-4,6,11H2,(H2,12,13,14,15). The molecule has 0 atom stereocenters. The van der Waals surface area contributed by atoms with E-state index in [-0.39, 0.29) is 11.1 Å². The summed E-state index contributed by atoms with van der Waals surface area (Å²) < 4.78 is 5.30. The van der Waals surface area contributed by atoms with Gasteiger partial charge in [0.05, 0.1) is 11.9 Å². The minimum atomic E-state index is -0.195. The normalized spacial score (nSPS) is 19.3. The van der Waals surface area contributed by atoms with Crippen LogP contribution in [0.2, 0.25) is 0 Å². The lowest BCUT2D eigenvalue weighted by molar-refractivity contribution is 0.0627. The van der Waals surface area contributed by atoms with Crippen LogP contribution in [-0.4, -0.2) is 35.3 Å². The van der Waals surface area contributed by atoms with Crippen molar-refractivity contribution in [1.29, 1.82) is 0 Å². The van der Waals surface area contributed by atoms with Gasteiger partial charge in [-0.25, -0.2) is 4.98 Å². The number of nitrogens with one attached hydrogen (secondary N) is 2. The lowest BCUT2D eigenvalue weighted by atomic mass is 9.90. The highest BCUT2D eigenvalue weighted by Gasteiger charge is 2.31. The monoisotopic (exact) mass is 224 g/mol. The molecule has 0 radical (unpaired) electrons. The summed E-state index contributed by atoms with van der Waals surface area (Å²) in [6.45, 7) is 1.88. The molecule has 1 aromatic heterocycles. The summed E-state index contributed by atoms with van der Waals surface area (Å²) in [5.74, 6) is 0.566. The first-order chi connectivity index (χ1) is 7.74. The maximum absolute atomic E-state index is 11.1. The zero-order chi connectivity index (χ0) is 11.4. The van der Waals surface area contributed by atoms with Gasteiger partial charge in [0.25, 0.3) is 5.56 Å². The van der Waals surface area contributed by atoms with Gasteiger partial charge in [-0.15, -0.1) is 0 Å². The molecule has 1 saturated heterocycles. The van der Waals surface area contributed by atoms with Gasteiger partial charge in [-0.1, -0.05) is 0 Å². The third kappa shape index (κ3) is 2.40. The summed E-state index contributed by atoms with van der Waals surface area (Å²) in [5.41, 5.74) is 5.43. The number of aromatic amines is 1. The minimum absolute atomic E-state index is 0.170. The number of aromatic nitrogens is 2. The Morgan fingerprint density at radius 1 is 1.56 bits per heavy atom. The molecule has 4 N–H and O–H groups in total. The average Bonchev–Trinajstić information content (AvgIpc) is 2.30. The van der Waals surface area contributed by atoms with Crippen LogP contribution in [0.4, 0.5) is 5.82 Å². The fraction of sp³-hybridized carbons (Fsp3) is 0.600. The smallest absolute Gasteiger partial charge is 0.252 e. The Morgan fingerprint density at radius 2 is 2.31 bits per heavy atom. The van der Waals surface area contributed by atoms with E-state index in [1.165, 1.54) is 12.4 Å². The molecule has 6 heteroatoms. The quantitative estimate of drug-likeness (QED) is 0.655. The van der Waals surface area contributed by atoms with Crippen molar-refractivity contribution >= 4 is 5.82 Å². The van der Waals surface area contributed by atoms with Crippen molar-refractivity contribution in [2.24, 2.45) is 5.73 Å². The van der Waals surface area contributed by atoms with Crippen LogP contribution < -0.4 is 16.6 Å². The van der Waals surface area contributed by atoms with Crippen LogP contribution in [-0.2, 0) is 4.74 Å². The van der Waals surface area contributed by atoms with Crippen LogP contribution in [0.15, 0.2) is 17.2 Å². The maximum Gasteiger partial charge on any atom is 0.252 e. The van der Waals surface area contributed by atoms with Gasteiger partial charge in [0.1, 0.15) is 5.82 Å². The maximum atomic E-state index is 11.1. The molecule has 0 saturated carbocycles. The number of nitrogens with zero attached hydrogens (tertiary/aromatic N) is 1. The lowest BCUT2D eigenvalue weighted by Gasteiger charge is -2.37. The Bertz CT molecular complexity index is 398. The molecule has 0 spiro atoms. The fourth-order valence-corrected chi connectivity index (χ4v) is 1.85. The van der Waals surface area contributed by atoms with Crippen LogP contribution >= 0.6 is 0 Å². The molecule has 16 heavy (non-hydrogen) atoms. The number of H-pyrrole nitrogens is 1. The highest BCUT2D eigenvalue weighted by atomic mass is 16.5. The number of nitrogens with two attached hydrogens (primary N) is 1. The minimum Gasteiger partial charge on any atom is -0.381 e. The first-order valence-electron chi connectivity index (χ1n) is 5.35. The molecule has 0 bridgehead atoms. The van der Waals surface area contributed by atoms with Crippen LogP contribution in [0.1, 0.15) is 12.8 Å². The SMILES string of the molecule is NCC1(Nc2cc(=O)[nH]cn2)CCOCC1. The lowest BCUT2D eigenvalue weighted by Crippen LogP contribution is -2.50. The number of anilines is 1. The van der Waals surface area contributed by atoms with Crippen LogP contribution in [0.5, 0.6) is 0 Å². The van der Waals surface area contributed by atoms with Crippen molar-refractivity contribution in [3.8, 4) is 0 Å². The van der Waals surface area contributed by atoms with Crippen LogP contribution in [0, 0.1) is 0 Å². The van der Waals surface area contributed by atoms with Gasteiger partial charge in [-0.3, -0.25) is 4.79 Å². The molecule has 0 unspecified atom stereocenters. The Labute approximate surface area is 93.2 Å². The van der Waals surface area contributed by atoms with Gasteiger partial charge < -0.3 is 20.8 Å². The van der Waals surface area contributed by atoms with Crippen molar-refractivity contribution in [2.45, 2.75) is 18.4 Å². The van der Waals surface area contributed by atoms with Gasteiger partial charge in [0.15, 0.2) is 0 Å².